The molecule has 1 unspecified atom stereocenters. The zero-order valence-corrected chi connectivity index (χ0v) is 14.9. The van der Waals surface area contributed by atoms with E-state index in [1.165, 1.54) is 11.3 Å². The number of rotatable bonds is 4. The van der Waals surface area contributed by atoms with E-state index in [2.05, 4.69) is 21.7 Å². The molecule has 0 saturated heterocycles. The second-order valence-corrected chi connectivity index (χ2v) is 7.55. The number of alkyl carbamates (subject to hydrolysis) is 1. The van der Waals surface area contributed by atoms with Gasteiger partial charge in [-0.15, -0.1) is 0 Å². The molecule has 2 aromatic rings. The number of aromatic amines is 1. The zero-order chi connectivity index (χ0) is 18.0. The summed E-state index contributed by atoms with van der Waals surface area (Å²) >= 11 is 0. The van der Waals surface area contributed by atoms with E-state index in [0.717, 1.165) is 35.7 Å². The maximum absolute atomic E-state index is 12.0. The summed E-state index contributed by atoms with van der Waals surface area (Å²) in [6, 6.07) is 6.23. The lowest BCUT2D eigenvalue weighted by Gasteiger charge is -2.26. The van der Waals surface area contributed by atoms with Gasteiger partial charge in [0, 0.05) is 29.2 Å². The van der Waals surface area contributed by atoms with Crippen LogP contribution in [0.4, 0.5) is 4.79 Å². The van der Waals surface area contributed by atoms with Gasteiger partial charge < -0.3 is 20.4 Å². The Morgan fingerprint density at radius 1 is 1.40 bits per heavy atom. The van der Waals surface area contributed by atoms with Crippen molar-refractivity contribution in [2.45, 2.75) is 58.2 Å². The molecule has 0 radical (unpaired) electrons. The molecular weight excluding hydrogens is 318 g/mol. The van der Waals surface area contributed by atoms with Crippen molar-refractivity contribution in [2.24, 2.45) is 0 Å². The molecule has 6 nitrogen and oxygen atoms in total. The smallest absolute Gasteiger partial charge is 0.407 e. The lowest BCUT2D eigenvalue weighted by Crippen LogP contribution is -2.41. The Bertz CT molecular complexity index is 789. The second kappa shape index (κ2) is 6.78. The van der Waals surface area contributed by atoms with Crippen LogP contribution in [0.2, 0.25) is 0 Å². The molecule has 0 spiro atoms. The molecule has 0 fully saturated rings. The van der Waals surface area contributed by atoms with Gasteiger partial charge in [-0.3, -0.25) is 4.79 Å². The van der Waals surface area contributed by atoms with Crippen LogP contribution >= 0.6 is 0 Å². The first-order valence-electron chi connectivity index (χ1n) is 8.64. The SMILES string of the molecule is CC(C)(C)OC(=O)NC1CCc2[nH]c3ccc(CNC=O)cc3c2C1. The Kier molecular flexibility index (Phi) is 4.70. The van der Waals surface area contributed by atoms with Gasteiger partial charge in [0.1, 0.15) is 5.60 Å². The minimum Gasteiger partial charge on any atom is -0.444 e. The van der Waals surface area contributed by atoms with Gasteiger partial charge in [0.2, 0.25) is 6.41 Å². The molecule has 1 aromatic carbocycles. The number of fused-ring (bicyclic) bond motifs is 3. The van der Waals surface area contributed by atoms with Gasteiger partial charge in [-0.05, 0) is 63.3 Å². The Morgan fingerprint density at radius 2 is 2.20 bits per heavy atom. The summed E-state index contributed by atoms with van der Waals surface area (Å²) in [4.78, 5) is 26.0. The summed E-state index contributed by atoms with van der Waals surface area (Å²) in [7, 11) is 0. The lowest BCUT2D eigenvalue weighted by molar-refractivity contribution is -0.109. The number of amides is 2. The van der Waals surface area contributed by atoms with E-state index in [9.17, 15) is 9.59 Å². The molecule has 3 rings (SSSR count). The molecular formula is C19H25N3O3. The third-order valence-corrected chi connectivity index (χ3v) is 4.36. The molecule has 3 N–H and O–H groups in total. The molecule has 1 aromatic heterocycles. The number of carbonyl (C=O) groups is 2. The Balaban J connectivity index is 1.77. The van der Waals surface area contributed by atoms with Crippen molar-refractivity contribution in [3.8, 4) is 0 Å². The van der Waals surface area contributed by atoms with Crippen LogP contribution in [0.3, 0.4) is 0 Å². The number of H-pyrrole nitrogens is 1. The van der Waals surface area contributed by atoms with Crippen LogP contribution in [0, 0.1) is 0 Å². The molecule has 0 aliphatic heterocycles. The number of aryl methyl sites for hydroxylation is 1. The highest BCUT2D eigenvalue weighted by molar-refractivity contribution is 5.86. The van der Waals surface area contributed by atoms with Gasteiger partial charge in [0.25, 0.3) is 0 Å². The minimum absolute atomic E-state index is 0.0677. The van der Waals surface area contributed by atoms with Crippen molar-refractivity contribution < 1.29 is 14.3 Å². The molecule has 0 bridgehead atoms. The summed E-state index contributed by atoms with van der Waals surface area (Å²) < 4.78 is 5.36. The van der Waals surface area contributed by atoms with Gasteiger partial charge in [-0.25, -0.2) is 4.79 Å². The summed E-state index contributed by atoms with van der Waals surface area (Å²) in [5.41, 5.74) is 4.14. The van der Waals surface area contributed by atoms with Gasteiger partial charge in [0.15, 0.2) is 0 Å². The predicted octanol–water partition coefficient (Wildman–Crippen LogP) is 2.80. The molecule has 1 heterocycles. The molecule has 134 valence electrons. The number of hydrogen-bond donors (Lipinski definition) is 3. The van der Waals surface area contributed by atoms with Crippen LogP contribution in [0.25, 0.3) is 10.9 Å². The number of hydrogen-bond acceptors (Lipinski definition) is 3. The first-order valence-corrected chi connectivity index (χ1v) is 8.64. The maximum atomic E-state index is 12.0. The molecule has 1 aliphatic rings. The molecule has 1 atom stereocenters. The highest BCUT2D eigenvalue weighted by Crippen LogP contribution is 2.30. The topological polar surface area (TPSA) is 83.2 Å². The highest BCUT2D eigenvalue weighted by Gasteiger charge is 2.25. The average molecular weight is 343 g/mol. The number of aromatic nitrogens is 1. The van der Waals surface area contributed by atoms with Gasteiger partial charge in [-0.2, -0.15) is 0 Å². The number of nitrogens with one attached hydrogen (secondary N) is 3. The van der Waals surface area contributed by atoms with Crippen LogP contribution in [0.5, 0.6) is 0 Å². The Labute approximate surface area is 147 Å². The van der Waals surface area contributed by atoms with Crippen LogP contribution in [-0.4, -0.2) is 29.1 Å². The molecule has 1 aliphatic carbocycles. The fraction of sp³-hybridized carbons (Fsp3) is 0.474. The number of carbonyl (C=O) groups excluding carboxylic acids is 2. The minimum atomic E-state index is -0.495. The Morgan fingerprint density at radius 3 is 2.92 bits per heavy atom. The standard InChI is InChI=1S/C19H25N3O3/c1-19(2,3)25-18(24)21-13-5-7-17-15(9-13)14-8-12(10-20-11-23)4-6-16(14)22-17/h4,6,8,11,13,22H,5,7,9-10H2,1-3H3,(H,20,23)(H,21,24). The van der Waals surface area contributed by atoms with Crippen molar-refractivity contribution in [2.75, 3.05) is 0 Å². The van der Waals surface area contributed by atoms with Crippen LogP contribution in [0.1, 0.15) is 44.0 Å². The van der Waals surface area contributed by atoms with Gasteiger partial charge in [-0.1, -0.05) is 6.07 Å². The lowest BCUT2D eigenvalue weighted by atomic mass is 9.91. The first-order chi connectivity index (χ1) is 11.9. The molecule has 0 saturated carbocycles. The van der Waals surface area contributed by atoms with Crippen molar-refractivity contribution in [3.05, 3.63) is 35.0 Å². The summed E-state index contributed by atoms with van der Waals surface area (Å²) in [5, 5.41) is 6.84. The van der Waals surface area contributed by atoms with E-state index >= 15 is 0 Å². The molecule has 2 amide bonds. The monoisotopic (exact) mass is 343 g/mol. The average Bonchev–Trinajstić information content (AvgIpc) is 2.88. The van der Waals surface area contributed by atoms with E-state index in [1.54, 1.807) is 0 Å². The van der Waals surface area contributed by atoms with E-state index in [4.69, 9.17) is 4.74 Å². The van der Waals surface area contributed by atoms with Crippen LogP contribution in [0.15, 0.2) is 18.2 Å². The van der Waals surface area contributed by atoms with Gasteiger partial charge >= 0.3 is 6.09 Å². The second-order valence-electron chi connectivity index (χ2n) is 7.55. The van der Waals surface area contributed by atoms with Crippen molar-refractivity contribution >= 4 is 23.4 Å². The molecule has 25 heavy (non-hydrogen) atoms. The van der Waals surface area contributed by atoms with E-state index in [1.807, 2.05) is 32.9 Å². The quantitative estimate of drug-likeness (QED) is 0.747. The zero-order valence-electron chi connectivity index (χ0n) is 14.9. The molecule has 6 heteroatoms. The normalized spacial score (nSPS) is 17.0. The van der Waals surface area contributed by atoms with Crippen molar-refractivity contribution in [1.82, 2.24) is 15.6 Å². The van der Waals surface area contributed by atoms with Crippen LogP contribution in [-0.2, 0) is 28.9 Å². The third-order valence-electron chi connectivity index (χ3n) is 4.36. The van der Waals surface area contributed by atoms with Crippen molar-refractivity contribution in [1.29, 1.82) is 0 Å². The number of ether oxygens (including phenoxy) is 1. The predicted molar refractivity (Wildman–Crippen MR) is 96.4 cm³/mol. The summed E-state index contributed by atoms with van der Waals surface area (Å²) in [6.07, 6.45) is 2.90. The highest BCUT2D eigenvalue weighted by atomic mass is 16.6. The summed E-state index contributed by atoms with van der Waals surface area (Å²) in [5.74, 6) is 0. The van der Waals surface area contributed by atoms with Crippen molar-refractivity contribution in [3.63, 3.8) is 0 Å². The summed E-state index contributed by atoms with van der Waals surface area (Å²) in [6.45, 7) is 6.10. The fourth-order valence-corrected chi connectivity index (χ4v) is 3.33. The third kappa shape index (κ3) is 4.13. The largest absolute Gasteiger partial charge is 0.444 e. The maximum Gasteiger partial charge on any atom is 0.407 e. The fourth-order valence-electron chi connectivity index (χ4n) is 3.33. The van der Waals surface area contributed by atoms with E-state index in [0.29, 0.717) is 13.0 Å². The van der Waals surface area contributed by atoms with E-state index in [-0.39, 0.29) is 12.1 Å². The van der Waals surface area contributed by atoms with E-state index < -0.39 is 5.60 Å². The first kappa shape index (κ1) is 17.3. The number of benzene rings is 1. The Hall–Kier alpha value is -2.50. The van der Waals surface area contributed by atoms with Gasteiger partial charge in [0.05, 0.1) is 0 Å². The van der Waals surface area contributed by atoms with Crippen LogP contribution < -0.4 is 10.6 Å².